The SMILES string of the molecule is CN(C(=O)c1ccc(F)cc1)c1cn2c(-c3cnc4[nH]ccc4c3)cnc2cn1. The number of carbonyl (C=O) groups is 1. The molecule has 0 radical (unpaired) electrons. The number of nitrogens with one attached hydrogen (secondary N) is 1. The number of carbonyl (C=O) groups excluding carboxylic acids is 1. The zero-order valence-corrected chi connectivity index (χ0v) is 15.4. The van der Waals surface area contributed by atoms with Crippen LogP contribution in [0.4, 0.5) is 10.2 Å². The largest absolute Gasteiger partial charge is 0.346 e. The highest BCUT2D eigenvalue weighted by Gasteiger charge is 2.17. The van der Waals surface area contributed by atoms with Crippen LogP contribution < -0.4 is 4.90 Å². The summed E-state index contributed by atoms with van der Waals surface area (Å²) in [5.74, 6) is -0.226. The first-order chi connectivity index (χ1) is 14.1. The van der Waals surface area contributed by atoms with Crippen molar-refractivity contribution in [1.82, 2.24) is 24.3 Å². The quantitative estimate of drug-likeness (QED) is 0.513. The van der Waals surface area contributed by atoms with E-state index in [4.69, 9.17) is 0 Å². The molecule has 7 nitrogen and oxygen atoms in total. The average molecular weight is 386 g/mol. The van der Waals surface area contributed by atoms with Crippen molar-refractivity contribution in [2.24, 2.45) is 0 Å². The molecule has 0 aliphatic carbocycles. The van der Waals surface area contributed by atoms with Gasteiger partial charge in [-0.1, -0.05) is 0 Å². The number of rotatable bonds is 3. The maximum Gasteiger partial charge on any atom is 0.259 e. The van der Waals surface area contributed by atoms with Crippen molar-refractivity contribution in [1.29, 1.82) is 0 Å². The summed E-state index contributed by atoms with van der Waals surface area (Å²) in [6, 6.07) is 9.40. The number of pyridine rings is 1. The molecule has 0 aliphatic rings. The molecule has 0 bridgehead atoms. The minimum absolute atomic E-state index is 0.283. The van der Waals surface area contributed by atoms with Crippen LogP contribution in [0.1, 0.15) is 10.4 Å². The third kappa shape index (κ3) is 2.91. The molecule has 142 valence electrons. The molecule has 1 aromatic carbocycles. The van der Waals surface area contributed by atoms with Gasteiger partial charge in [-0.25, -0.2) is 19.3 Å². The van der Waals surface area contributed by atoms with E-state index in [2.05, 4.69) is 19.9 Å². The Kier molecular flexibility index (Phi) is 3.83. The Labute approximate surface area is 164 Å². The fraction of sp³-hybridized carbons (Fsp3) is 0.0476. The van der Waals surface area contributed by atoms with E-state index in [1.54, 1.807) is 31.8 Å². The summed E-state index contributed by atoms with van der Waals surface area (Å²) in [4.78, 5) is 30.4. The highest BCUT2D eigenvalue weighted by atomic mass is 19.1. The topological polar surface area (TPSA) is 79.2 Å². The molecule has 1 amide bonds. The van der Waals surface area contributed by atoms with Crippen molar-refractivity contribution >= 4 is 28.4 Å². The normalized spacial score (nSPS) is 11.2. The van der Waals surface area contributed by atoms with Crippen LogP contribution in [0.3, 0.4) is 0 Å². The van der Waals surface area contributed by atoms with Gasteiger partial charge < -0.3 is 4.98 Å². The first-order valence-electron chi connectivity index (χ1n) is 8.90. The second-order valence-electron chi connectivity index (χ2n) is 6.63. The Morgan fingerprint density at radius 3 is 2.72 bits per heavy atom. The van der Waals surface area contributed by atoms with Crippen LogP contribution in [0.25, 0.3) is 27.9 Å². The molecule has 0 saturated carbocycles. The number of anilines is 1. The number of hydrogen-bond acceptors (Lipinski definition) is 4. The van der Waals surface area contributed by atoms with Gasteiger partial charge in [-0.3, -0.25) is 14.1 Å². The number of imidazole rings is 1. The van der Waals surface area contributed by atoms with E-state index in [0.717, 1.165) is 22.3 Å². The van der Waals surface area contributed by atoms with Crippen molar-refractivity contribution in [3.63, 3.8) is 0 Å². The Bertz CT molecular complexity index is 1350. The summed E-state index contributed by atoms with van der Waals surface area (Å²) in [5, 5.41) is 0.996. The first-order valence-corrected chi connectivity index (χ1v) is 8.90. The maximum absolute atomic E-state index is 13.1. The van der Waals surface area contributed by atoms with E-state index >= 15 is 0 Å². The zero-order chi connectivity index (χ0) is 20.0. The molecule has 5 rings (SSSR count). The van der Waals surface area contributed by atoms with Crippen LogP contribution in [-0.4, -0.2) is 37.3 Å². The van der Waals surface area contributed by atoms with Gasteiger partial charge in [0.2, 0.25) is 0 Å². The van der Waals surface area contributed by atoms with Crippen molar-refractivity contribution in [2.75, 3.05) is 11.9 Å². The fourth-order valence-corrected chi connectivity index (χ4v) is 3.24. The molecule has 4 heterocycles. The lowest BCUT2D eigenvalue weighted by molar-refractivity contribution is 0.0992. The number of halogens is 1. The van der Waals surface area contributed by atoms with Crippen molar-refractivity contribution < 1.29 is 9.18 Å². The summed E-state index contributed by atoms with van der Waals surface area (Å²) in [7, 11) is 1.63. The summed E-state index contributed by atoms with van der Waals surface area (Å²) in [6.45, 7) is 0. The van der Waals surface area contributed by atoms with E-state index in [-0.39, 0.29) is 11.7 Å². The smallest absolute Gasteiger partial charge is 0.259 e. The number of aromatic nitrogens is 5. The third-order valence-electron chi connectivity index (χ3n) is 4.82. The van der Waals surface area contributed by atoms with Crippen LogP contribution in [0.15, 0.2) is 67.4 Å². The van der Waals surface area contributed by atoms with Crippen LogP contribution in [0.5, 0.6) is 0 Å². The van der Waals surface area contributed by atoms with Gasteiger partial charge in [0, 0.05) is 36.0 Å². The number of benzene rings is 1. The summed E-state index contributed by atoms with van der Waals surface area (Å²) in [6.07, 6.45) is 8.72. The van der Waals surface area contributed by atoms with Crippen molar-refractivity contribution in [3.8, 4) is 11.3 Å². The van der Waals surface area contributed by atoms with Gasteiger partial charge in [0.15, 0.2) is 11.5 Å². The number of H-pyrrole nitrogens is 1. The van der Waals surface area contributed by atoms with Crippen LogP contribution >= 0.6 is 0 Å². The molecule has 8 heteroatoms. The lowest BCUT2D eigenvalue weighted by Crippen LogP contribution is -2.27. The minimum atomic E-state index is -0.389. The molecule has 0 aliphatic heterocycles. The van der Waals surface area contributed by atoms with Gasteiger partial charge in [-0.05, 0) is 36.4 Å². The number of aromatic amines is 1. The predicted molar refractivity (Wildman–Crippen MR) is 107 cm³/mol. The molecule has 0 spiro atoms. The van der Waals surface area contributed by atoms with E-state index < -0.39 is 0 Å². The monoisotopic (exact) mass is 386 g/mol. The van der Waals surface area contributed by atoms with Gasteiger partial charge in [0.25, 0.3) is 5.91 Å². The molecule has 0 saturated heterocycles. The summed E-state index contributed by atoms with van der Waals surface area (Å²) < 4.78 is 15.0. The molecule has 29 heavy (non-hydrogen) atoms. The first kappa shape index (κ1) is 17.1. The fourth-order valence-electron chi connectivity index (χ4n) is 3.24. The highest BCUT2D eigenvalue weighted by Crippen LogP contribution is 2.24. The molecule has 0 atom stereocenters. The van der Waals surface area contributed by atoms with Gasteiger partial charge >= 0.3 is 0 Å². The molecule has 1 N–H and O–H groups in total. The molecule has 5 aromatic rings. The van der Waals surface area contributed by atoms with E-state index in [1.807, 2.05) is 22.7 Å². The Morgan fingerprint density at radius 1 is 1.07 bits per heavy atom. The second-order valence-corrected chi connectivity index (χ2v) is 6.63. The zero-order valence-electron chi connectivity index (χ0n) is 15.4. The number of amides is 1. The van der Waals surface area contributed by atoms with Gasteiger partial charge in [0.1, 0.15) is 11.5 Å². The molecule has 4 aromatic heterocycles. The minimum Gasteiger partial charge on any atom is -0.346 e. The maximum atomic E-state index is 13.1. The molecule has 0 unspecified atom stereocenters. The van der Waals surface area contributed by atoms with Crippen LogP contribution in [0.2, 0.25) is 0 Å². The number of nitrogens with zero attached hydrogens (tertiary/aromatic N) is 5. The van der Waals surface area contributed by atoms with Crippen LogP contribution in [-0.2, 0) is 0 Å². The summed E-state index contributed by atoms with van der Waals surface area (Å²) >= 11 is 0. The molecule has 0 fully saturated rings. The third-order valence-corrected chi connectivity index (χ3v) is 4.82. The summed E-state index contributed by atoms with van der Waals surface area (Å²) in [5.41, 5.74) is 3.58. The van der Waals surface area contributed by atoms with Crippen molar-refractivity contribution in [2.45, 2.75) is 0 Å². The average Bonchev–Trinajstić information content (AvgIpc) is 3.39. The standard InChI is InChI=1S/C21H15FN6O/c1-27(21(29)13-2-4-16(22)5-3-13)19-12-28-17(10-24-18(28)11-25-19)15-8-14-6-7-23-20(14)26-9-15/h2-12H,1H3,(H,23,26). The predicted octanol–water partition coefficient (Wildman–Crippen LogP) is 3.69. The second kappa shape index (κ2) is 6.52. The Balaban J connectivity index is 1.55. The van der Waals surface area contributed by atoms with Crippen LogP contribution in [0, 0.1) is 5.82 Å². The number of hydrogen-bond donors (Lipinski definition) is 1. The van der Waals surface area contributed by atoms with E-state index in [0.29, 0.717) is 17.0 Å². The van der Waals surface area contributed by atoms with Crippen molar-refractivity contribution in [3.05, 3.63) is 78.8 Å². The van der Waals surface area contributed by atoms with Gasteiger partial charge in [-0.15, -0.1) is 0 Å². The Morgan fingerprint density at radius 2 is 1.90 bits per heavy atom. The van der Waals surface area contributed by atoms with Gasteiger partial charge in [0.05, 0.1) is 24.3 Å². The lowest BCUT2D eigenvalue weighted by Gasteiger charge is -2.16. The van der Waals surface area contributed by atoms with E-state index in [9.17, 15) is 9.18 Å². The van der Waals surface area contributed by atoms with Gasteiger partial charge in [-0.2, -0.15) is 0 Å². The Hall–Kier alpha value is -4.07. The lowest BCUT2D eigenvalue weighted by atomic mass is 10.2. The molecular formula is C21H15FN6O. The number of fused-ring (bicyclic) bond motifs is 2. The van der Waals surface area contributed by atoms with E-state index in [1.165, 1.54) is 29.2 Å². The molecular weight excluding hydrogens is 371 g/mol. The highest BCUT2D eigenvalue weighted by molar-refractivity contribution is 6.05.